The molecule has 0 atom stereocenters. The lowest BCUT2D eigenvalue weighted by Crippen LogP contribution is -2.16. The third-order valence-corrected chi connectivity index (χ3v) is 1.05. The molecule has 0 saturated carbocycles. The van der Waals surface area contributed by atoms with Gasteiger partial charge in [-0.25, -0.2) is 0 Å². The zero-order valence-corrected chi connectivity index (χ0v) is 8.14. The Bertz CT molecular complexity index is 84.1. The maximum Gasteiger partial charge on any atom is 0.146 e. The predicted octanol–water partition coefficient (Wildman–Crippen LogP) is 2.43. The minimum atomic E-state index is 0.246. The van der Waals surface area contributed by atoms with Crippen LogP contribution in [0, 0.1) is 5.41 Å². The first-order valence-electron chi connectivity index (χ1n) is 4.22. The first-order valence-corrected chi connectivity index (χ1v) is 4.22. The second-order valence-corrected chi connectivity index (χ2v) is 3.94. The SMILES string of the molecule is CCCOCOCC(C)(C)C. The van der Waals surface area contributed by atoms with Crippen LogP contribution < -0.4 is 0 Å². The summed E-state index contributed by atoms with van der Waals surface area (Å²) in [6.07, 6.45) is 1.05. The van der Waals surface area contributed by atoms with Crippen molar-refractivity contribution < 1.29 is 9.47 Å². The van der Waals surface area contributed by atoms with E-state index in [1.807, 2.05) is 0 Å². The monoisotopic (exact) mass is 160 g/mol. The first-order chi connectivity index (χ1) is 5.06. The van der Waals surface area contributed by atoms with Gasteiger partial charge in [0.1, 0.15) is 6.79 Å². The zero-order valence-electron chi connectivity index (χ0n) is 8.14. The summed E-state index contributed by atoms with van der Waals surface area (Å²) in [6, 6.07) is 0. The van der Waals surface area contributed by atoms with E-state index in [0.29, 0.717) is 6.79 Å². The molecule has 0 amide bonds. The molecule has 0 unspecified atom stereocenters. The molecule has 0 aliphatic heterocycles. The van der Waals surface area contributed by atoms with Crippen LogP contribution in [0.3, 0.4) is 0 Å². The first kappa shape index (κ1) is 10.9. The van der Waals surface area contributed by atoms with Gasteiger partial charge in [0.25, 0.3) is 0 Å². The van der Waals surface area contributed by atoms with Crippen molar-refractivity contribution in [2.24, 2.45) is 5.41 Å². The van der Waals surface area contributed by atoms with Gasteiger partial charge in [-0.3, -0.25) is 0 Å². The molecule has 0 fully saturated rings. The molecule has 0 saturated heterocycles. The van der Waals surface area contributed by atoms with Crippen LogP contribution in [0.2, 0.25) is 0 Å². The quantitative estimate of drug-likeness (QED) is 0.454. The Balaban J connectivity index is 3.02. The van der Waals surface area contributed by atoms with Crippen molar-refractivity contribution in [3.05, 3.63) is 0 Å². The van der Waals surface area contributed by atoms with Crippen LogP contribution in [0.15, 0.2) is 0 Å². The highest BCUT2D eigenvalue weighted by molar-refractivity contribution is 4.57. The average molecular weight is 160 g/mol. The topological polar surface area (TPSA) is 18.5 Å². The third-order valence-electron chi connectivity index (χ3n) is 1.05. The van der Waals surface area contributed by atoms with E-state index >= 15 is 0 Å². The molecule has 0 rings (SSSR count). The fraction of sp³-hybridized carbons (Fsp3) is 1.00. The lowest BCUT2D eigenvalue weighted by atomic mass is 9.99. The molecule has 0 spiro atoms. The lowest BCUT2D eigenvalue weighted by molar-refractivity contribution is -0.0737. The number of hydrogen-bond acceptors (Lipinski definition) is 2. The van der Waals surface area contributed by atoms with E-state index in [1.165, 1.54) is 0 Å². The number of ether oxygens (including phenoxy) is 2. The van der Waals surface area contributed by atoms with Gasteiger partial charge in [-0.15, -0.1) is 0 Å². The molecule has 0 radical (unpaired) electrons. The molecule has 0 aliphatic carbocycles. The molecule has 0 aromatic rings. The van der Waals surface area contributed by atoms with Crippen LogP contribution in [0.4, 0.5) is 0 Å². The zero-order chi connectivity index (χ0) is 8.74. The Kier molecular flexibility index (Phi) is 5.51. The van der Waals surface area contributed by atoms with Gasteiger partial charge >= 0.3 is 0 Å². The van der Waals surface area contributed by atoms with Crippen molar-refractivity contribution in [1.29, 1.82) is 0 Å². The van der Waals surface area contributed by atoms with Crippen LogP contribution in [0.25, 0.3) is 0 Å². The van der Waals surface area contributed by atoms with Gasteiger partial charge in [0.15, 0.2) is 0 Å². The molecule has 2 heteroatoms. The minimum Gasteiger partial charge on any atom is -0.355 e. The highest BCUT2D eigenvalue weighted by atomic mass is 16.7. The van der Waals surface area contributed by atoms with Crippen molar-refractivity contribution in [2.75, 3.05) is 20.0 Å². The van der Waals surface area contributed by atoms with E-state index in [0.717, 1.165) is 19.6 Å². The van der Waals surface area contributed by atoms with Gasteiger partial charge in [-0.05, 0) is 11.8 Å². The molecule has 0 bridgehead atoms. The smallest absolute Gasteiger partial charge is 0.146 e. The van der Waals surface area contributed by atoms with E-state index < -0.39 is 0 Å². The van der Waals surface area contributed by atoms with E-state index in [-0.39, 0.29) is 5.41 Å². The second kappa shape index (κ2) is 5.56. The highest BCUT2D eigenvalue weighted by Gasteiger charge is 2.09. The summed E-state index contributed by atoms with van der Waals surface area (Å²) >= 11 is 0. The summed E-state index contributed by atoms with van der Waals surface area (Å²) in [7, 11) is 0. The molecular formula is C9H20O2. The predicted molar refractivity (Wildman–Crippen MR) is 46.5 cm³/mol. The van der Waals surface area contributed by atoms with Crippen LogP contribution in [-0.4, -0.2) is 20.0 Å². The molecule has 0 aromatic heterocycles. The van der Waals surface area contributed by atoms with E-state index in [1.54, 1.807) is 0 Å². The normalized spacial score (nSPS) is 12.0. The van der Waals surface area contributed by atoms with E-state index in [2.05, 4.69) is 27.7 Å². The van der Waals surface area contributed by atoms with Crippen LogP contribution >= 0.6 is 0 Å². The number of hydrogen-bond donors (Lipinski definition) is 0. The molecule has 0 aliphatic rings. The van der Waals surface area contributed by atoms with Gasteiger partial charge < -0.3 is 9.47 Å². The molecule has 11 heavy (non-hydrogen) atoms. The van der Waals surface area contributed by atoms with Crippen LogP contribution in [-0.2, 0) is 9.47 Å². The highest BCUT2D eigenvalue weighted by Crippen LogP contribution is 2.12. The number of rotatable bonds is 5. The van der Waals surface area contributed by atoms with Gasteiger partial charge in [0.2, 0.25) is 0 Å². The standard InChI is InChI=1S/C9H20O2/c1-5-6-10-8-11-7-9(2,3)4/h5-8H2,1-4H3. The Morgan fingerprint density at radius 2 is 1.73 bits per heavy atom. The summed E-state index contributed by atoms with van der Waals surface area (Å²) < 4.78 is 10.4. The molecule has 0 heterocycles. The fourth-order valence-electron chi connectivity index (χ4n) is 0.610. The Morgan fingerprint density at radius 1 is 1.09 bits per heavy atom. The maximum absolute atomic E-state index is 5.28. The molecule has 0 N–H and O–H groups in total. The maximum atomic E-state index is 5.28. The summed E-state index contributed by atoms with van der Waals surface area (Å²) in [5, 5.41) is 0. The Labute approximate surface area is 69.9 Å². The van der Waals surface area contributed by atoms with E-state index in [4.69, 9.17) is 9.47 Å². The summed E-state index contributed by atoms with van der Waals surface area (Å²) in [4.78, 5) is 0. The summed E-state index contributed by atoms with van der Waals surface area (Å²) in [5.74, 6) is 0. The van der Waals surface area contributed by atoms with Crippen LogP contribution in [0.5, 0.6) is 0 Å². The van der Waals surface area contributed by atoms with Crippen molar-refractivity contribution in [2.45, 2.75) is 34.1 Å². The minimum absolute atomic E-state index is 0.246. The van der Waals surface area contributed by atoms with Gasteiger partial charge in [-0.1, -0.05) is 27.7 Å². The van der Waals surface area contributed by atoms with Crippen molar-refractivity contribution in [3.63, 3.8) is 0 Å². The molecule has 68 valence electrons. The summed E-state index contributed by atoms with van der Waals surface area (Å²) in [6.45, 7) is 10.5. The third kappa shape index (κ3) is 9.92. The lowest BCUT2D eigenvalue weighted by Gasteiger charge is -2.17. The Hall–Kier alpha value is -0.0800. The van der Waals surface area contributed by atoms with Gasteiger partial charge in [0, 0.05) is 6.61 Å². The van der Waals surface area contributed by atoms with Gasteiger partial charge in [0.05, 0.1) is 6.61 Å². The molecule has 0 aromatic carbocycles. The molecule has 2 nitrogen and oxygen atoms in total. The Morgan fingerprint density at radius 3 is 2.18 bits per heavy atom. The van der Waals surface area contributed by atoms with Crippen molar-refractivity contribution in [1.82, 2.24) is 0 Å². The fourth-order valence-corrected chi connectivity index (χ4v) is 0.610. The van der Waals surface area contributed by atoms with E-state index in [9.17, 15) is 0 Å². The second-order valence-electron chi connectivity index (χ2n) is 3.94. The average Bonchev–Trinajstić information content (AvgIpc) is 1.85. The van der Waals surface area contributed by atoms with Gasteiger partial charge in [-0.2, -0.15) is 0 Å². The van der Waals surface area contributed by atoms with Crippen molar-refractivity contribution >= 4 is 0 Å². The van der Waals surface area contributed by atoms with Crippen molar-refractivity contribution in [3.8, 4) is 0 Å². The summed E-state index contributed by atoms with van der Waals surface area (Å²) in [5.41, 5.74) is 0.246. The largest absolute Gasteiger partial charge is 0.355 e. The molecular weight excluding hydrogens is 140 g/mol. The van der Waals surface area contributed by atoms with Crippen LogP contribution in [0.1, 0.15) is 34.1 Å².